The van der Waals surface area contributed by atoms with Crippen molar-refractivity contribution in [3.05, 3.63) is 33.8 Å². The zero-order chi connectivity index (χ0) is 13.2. The molecular formula is C11H14Cl2O3S. The summed E-state index contributed by atoms with van der Waals surface area (Å²) in [4.78, 5) is 0. The molecule has 17 heavy (non-hydrogen) atoms. The monoisotopic (exact) mass is 296 g/mol. The number of aliphatic hydroxyl groups is 1. The van der Waals surface area contributed by atoms with Gasteiger partial charge in [0.1, 0.15) is 0 Å². The summed E-state index contributed by atoms with van der Waals surface area (Å²) in [5.74, 6) is 0. The van der Waals surface area contributed by atoms with E-state index in [9.17, 15) is 13.5 Å². The molecule has 0 amide bonds. The van der Waals surface area contributed by atoms with Gasteiger partial charge in [-0.3, -0.25) is 0 Å². The molecule has 1 aromatic rings. The van der Waals surface area contributed by atoms with Crippen molar-refractivity contribution < 1.29 is 13.5 Å². The van der Waals surface area contributed by atoms with Crippen LogP contribution in [0.15, 0.2) is 18.2 Å². The van der Waals surface area contributed by atoms with E-state index in [0.29, 0.717) is 17.0 Å². The van der Waals surface area contributed by atoms with Crippen LogP contribution < -0.4 is 0 Å². The van der Waals surface area contributed by atoms with Gasteiger partial charge < -0.3 is 5.11 Å². The van der Waals surface area contributed by atoms with Gasteiger partial charge in [-0.2, -0.15) is 0 Å². The van der Waals surface area contributed by atoms with Gasteiger partial charge in [-0.15, -0.1) is 0 Å². The minimum atomic E-state index is -3.33. The first-order valence-corrected chi connectivity index (χ1v) is 7.80. The van der Waals surface area contributed by atoms with Crippen LogP contribution in [0.25, 0.3) is 0 Å². The molecule has 0 saturated carbocycles. The van der Waals surface area contributed by atoms with Crippen molar-refractivity contribution in [3.63, 3.8) is 0 Å². The molecule has 0 radical (unpaired) electrons. The zero-order valence-corrected chi connectivity index (χ0v) is 11.9. The van der Waals surface area contributed by atoms with Crippen LogP contribution in [0.3, 0.4) is 0 Å². The van der Waals surface area contributed by atoms with Crippen LogP contribution in [0.2, 0.25) is 10.0 Å². The summed E-state index contributed by atoms with van der Waals surface area (Å²) < 4.78 is 23.1. The number of rotatable bonds is 4. The van der Waals surface area contributed by atoms with Gasteiger partial charge in [-0.25, -0.2) is 8.42 Å². The summed E-state index contributed by atoms with van der Waals surface area (Å²) in [6.07, 6.45) is 0.285. The fourth-order valence-corrected chi connectivity index (χ4v) is 3.44. The van der Waals surface area contributed by atoms with Crippen molar-refractivity contribution in [3.8, 4) is 0 Å². The zero-order valence-electron chi connectivity index (χ0n) is 9.52. The Bertz CT molecular complexity index is 499. The SMILES string of the molecule is CC[C@@H]([C@@H](O)c1ccc(Cl)cc1Cl)S(C)(=O)=O. The molecule has 0 fully saturated rings. The standard InChI is InChI=1S/C11H14Cl2O3S/c1-3-10(17(2,15)16)11(14)8-5-4-7(12)6-9(8)13/h4-6,10-11,14H,3H2,1-2H3/t10-,11-/m0/s1. The summed E-state index contributed by atoms with van der Waals surface area (Å²) in [5.41, 5.74) is 0.383. The van der Waals surface area contributed by atoms with Gasteiger partial charge in [-0.05, 0) is 18.6 Å². The Balaban J connectivity index is 3.15. The molecule has 1 aromatic carbocycles. The van der Waals surface area contributed by atoms with Crippen LogP contribution in [0.4, 0.5) is 0 Å². The highest BCUT2D eigenvalue weighted by Gasteiger charge is 2.29. The van der Waals surface area contributed by atoms with E-state index in [0.717, 1.165) is 6.26 Å². The van der Waals surface area contributed by atoms with E-state index in [1.165, 1.54) is 6.07 Å². The molecule has 1 rings (SSSR count). The maximum atomic E-state index is 11.5. The highest BCUT2D eigenvalue weighted by Crippen LogP contribution is 2.31. The number of aliphatic hydroxyl groups excluding tert-OH is 1. The van der Waals surface area contributed by atoms with Crippen molar-refractivity contribution in [2.24, 2.45) is 0 Å². The fourth-order valence-electron chi connectivity index (χ4n) is 1.70. The highest BCUT2D eigenvalue weighted by atomic mass is 35.5. The van der Waals surface area contributed by atoms with Crippen molar-refractivity contribution in [1.29, 1.82) is 0 Å². The lowest BCUT2D eigenvalue weighted by atomic mass is 10.0. The highest BCUT2D eigenvalue weighted by molar-refractivity contribution is 7.91. The Morgan fingerprint density at radius 2 is 1.94 bits per heavy atom. The summed E-state index contributed by atoms with van der Waals surface area (Å²) in [6, 6.07) is 4.60. The molecule has 96 valence electrons. The first kappa shape index (κ1) is 14.8. The van der Waals surface area contributed by atoms with Crippen LogP contribution in [0.1, 0.15) is 25.0 Å². The molecule has 0 aliphatic rings. The van der Waals surface area contributed by atoms with Crippen molar-refractivity contribution in [2.75, 3.05) is 6.26 Å². The van der Waals surface area contributed by atoms with E-state index in [1.54, 1.807) is 19.1 Å². The molecule has 0 aliphatic carbocycles. The molecule has 0 aromatic heterocycles. The van der Waals surface area contributed by atoms with Gasteiger partial charge in [0.05, 0.1) is 11.4 Å². The minimum Gasteiger partial charge on any atom is -0.387 e. The molecule has 0 spiro atoms. The molecule has 0 heterocycles. The number of hydrogen-bond donors (Lipinski definition) is 1. The lowest BCUT2D eigenvalue weighted by Crippen LogP contribution is -2.27. The first-order chi connectivity index (χ1) is 7.77. The minimum absolute atomic E-state index is 0.270. The third-order valence-corrected chi connectivity index (χ3v) is 4.84. The largest absolute Gasteiger partial charge is 0.387 e. The van der Waals surface area contributed by atoms with Crippen molar-refractivity contribution in [1.82, 2.24) is 0 Å². The molecular weight excluding hydrogens is 283 g/mol. The van der Waals surface area contributed by atoms with E-state index in [-0.39, 0.29) is 5.02 Å². The van der Waals surface area contributed by atoms with Crippen LogP contribution >= 0.6 is 23.2 Å². The van der Waals surface area contributed by atoms with Gasteiger partial charge >= 0.3 is 0 Å². The van der Waals surface area contributed by atoms with Crippen LogP contribution in [-0.4, -0.2) is 25.0 Å². The van der Waals surface area contributed by atoms with Crippen molar-refractivity contribution in [2.45, 2.75) is 24.7 Å². The third kappa shape index (κ3) is 3.58. The van der Waals surface area contributed by atoms with Crippen LogP contribution in [0, 0.1) is 0 Å². The lowest BCUT2D eigenvalue weighted by Gasteiger charge is -2.21. The predicted octanol–water partition coefficient (Wildman–Crippen LogP) is 2.85. The number of halogens is 2. The Labute approximate surface area is 111 Å². The summed E-state index contributed by atoms with van der Waals surface area (Å²) in [6.45, 7) is 1.71. The maximum Gasteiger partial charge on any atom is 0.153 e. The Morgan fingerprint density at radius 3 is 2.35 bits per heavy atom. The van der Waals surface area contributed by atoms with Gasteiger partial charge in [0.25, 0.3) is 0 Å². The summed E-state index contributed by atoms with van der Waals surface area (Å²) in [7, 11) is -3.33. The van der Waals surface area contributed by atoms with Crippen LogP contribution in [0.5, 0.6) is 0 Å². The Hall–Kier alpha value is -0.290. The molecule has 0 saturated heterocycles. The lowest BCUT2D eigenvalue weighted by molar-refractivity contribution is 0.169. The summed E-state index contributed by atoms with van der Waals surface area (Å²) in [5, 5.41) is 9.93. The van der Waals surface area contributed by atoms with Gasteiger partial charge in [-0.1, -0.05) is 36.2 Å². The van der Waals surface area contributed by atoms with Crippen molar-refractivity contribution >= 4 is 33.0 Å². The van der Waals surface area contributed by atoms with E-state index < -0.39 is 21.2 Å². The Morgan fingerprint density at radius 1 is 1.35 bits per heavy atom. The molecule has 3 nitrogen and oxygen atoms in total. The molecule has 6 heteroatoms. The molecule has 0 bridgehead atoms. The topological polar surface area (TPSA) is 54.4 Å². The average Bonchev–Trinajstić information content (AvgIpc) is 2.15. The number of benzene rings is 1. The predicted molar refractivity (Wildman–Crippen MR) is 70.3 cm³/mol. The second-order valence-electron chi connectivity index (χ2n) is 3.89. The molecule has 2 atom stereocenters. The molecule has 0 unspecified atom stereocenters. The van der Waals surface area contributed by atoms with Gasteiger partial charge in [0, 0.05) is 21.9 Å². The first-order valence-electron chi connectivity index (χ1n) is 5.09. The third-order valence-electron chi connectivity index (χ3n) is 2.59. The Kier molecular flexibility index (Phi) is 4.84. The quantitative estimate of drug-likeness (QED) is 0.929. The van der Waals surface area contributed by atoms with Crippen LogP contribution in [-0.2, 0) is 9.84 Å². The van der Waals surface area contributed by atoms with Gasteiger partial charge in [0.15, 0.2) is 9.84 Å². The van der Waals surface area contributed by atoms with E-state index in [1.807, 2.05) is 0 Å². The molecule has 0 aliphatic heterocycles. The van der Waals surface area contributed by atoms with E-state index >= 15 is 0 Å². The maximum absolute atomic E-state index is 11.5. The van der Waals surface area contributed by atoms with E-state index in [2.05, 4.69) is 0 Å². The molecule has 1 N–H and O–H groups in total. The van der Waals surface area contributed by atoms with E-state index in [4.69, 9.17) is 23.2 Å². The van der Waals surface area contributed by atoms with Gasteiger partial charge in [0.2, 0.25) is 0 Å². The summed E-state index contributed by atoms with van der Waals surface area (Å²) >= 11 is 11.7. The average molecular weight is 297 g/mol. The fraction of sp³-hybridized carbons (Fsp3) is 0.455. The second kappa shape index (κ2) is 5.57. The second-order valence-corrected chi connectivity index (χ2v) is 7.00. The number of sulfone groups is 1. The smallest absolute Gasteiger partial charge is 0.153 e. The number of hydrogen-bond acceptors (Lipinski definition) is 3. The normalized spacial score (nSPS) is 15.6.